The number of hydrogen-bond donors (Lipinski definition) is 12. The minimum Gasteiger partial charge on any atom is -0.479 e. The maximum atomic E-state index is 11.6. The number of carboxylic acid groups (broad SMARTS) is 1. The number of carbonyl (C=O) groups excluding carboxylic acids is 1. The lowest BCUT2D eigenvalue weighted by Gasteiger charge is -2.42. The Morgan fingerprint density at radius 3 is 1.19 bits per heavy atom. The van der Waals surface area contributed by atoms with Gasteiger partial charge in [0.05, 0.1) is 62.0 Å². The maximum absolute atomic E-state index is 11.6. The number of nitrogens with one attached hydrogen (secondary N) is 1. The summed E-state index contributed by atoms with van der Waals surface area (Å²) < 4.78 is 36.8. The molecule has 6 aliphatic heterocycles. The van der Waals surface area contributed by atoms with Crippen molar-refractivity contribution in [2.45, 2.75) is 145 Å². The second-order valence-electron chi connectivity index (χ2n) is 23.9. The first kappa shape index (κ1) is 71.5. The van der Waals surface area contributed by atoms with E-state index in [-0.39, 0.29) is 13.5 Å². The summed E-state index contributed by atoms with van der Waals surface area (Å²) in [6.45, 7) is 6.57. The molecule has 26 nitrogen and oxygen atoms in total. The predicted octanol–water partition coefficient (Wildman–Crippen LogP) is 5.40. The summed E-state index contributed by atoms with van der Waals surface area (Å²) in [5.41, 5.74) is 2.70. The van der Waals surface area contributed by atoms with Gasteiger partial charge in [0.15, 0.2) is 6.10 Å². The van der Waals surface area contributed by atoms with Gasteiger partial charge in [-0.2, -0.15) is 0 Å². The Balaban J connectivity index is 0.000000139. The SMILES string of the molecule is C.CC(=O)NC1C(Oc2ccc3c(ccc4nc(C5=NC(C)CS5)sc43)c2)OC(CO)C(O)C1O.CC1CSC(c2nc3ccc4cc(OC5OC(C(=O)O)C(O)C(O)C5O)ccc4c3s2)=N1.CC1CSC(c2nc3ccc4cc(OC5OC(CO)C(O)C(O)C5O)ccc4c3s2)=N1. The quantitative estimate of drug-likeness (QED) is 0.0687. The molecule has 18 unspecified atom stereocenters. The van der Waals surface area contributed by atoms with Gasteiger partial charge in [-0.15, -0.1) is 69.3 Å². The Morgan fingerprint density at radius 1 is 0.480 bits per heavy atom. The van der Waals surface area contributed by atoms with Crippen LogP contribution in [0.25, 0.3) is 63.0 Å². The van der Waals surface area contributed by atoms with Crippen LogP contribution < -0.4 is 19.5 Å². The van der Waals surface area contributed by atoms with E-state index in [0.717, 1.165) is 110 Å². The average Bonchev–Trinajstić information content (AvgIpc) is 1.57. The fourth-order valence-electron chi connectivity index (χ4n) is 11.6. The van der Waals surface area contributed by atoms with E-state index in [1.54, 1.807) is 93.6 Å². The third-order valence-corrected chi connectivity index (χ3v) is 24.0. The lowest BCUT2D eigenvalue weighted by atomic mass is 9.97. The highest BCUT2D eigenvalue weighted by Crippen LogP contribution is 2.40. The van der Waals surface area contributed by atoms with Gasteiger partial charge in [-0.25, -0.2) is 19.7 Å². The number of hydrogen-bond acceptors (Lipinski definition) is 30. The van der Waals surface area contributed by atoms with Crippen LogP contribution in [-0.2, 0) is 23.8 Å². The van der Waals surface area contributed by atoms with Gasteiger partial charge in [0.25, 0.3) is 0 Å². The van der Waals surface area contributed by atoms with Gasteiger partial charge in [0, 0.05) is 40.3 Å². The molecule has 0 saturated carbocycles. The van der Waals surface area contributed by atoms with E-state index in [2.05, 4.69) is 41.1 Å². The van der Waals surface area contributed by atoms with Crippen molar-refractivity contribution >= 4 is 159 Å². The zero-order valence-corrected chi connectivity index (χ0v) is 56.8. The number of benzene rings is 6. The monoisotopic (exact) mass is 1460 g/mol. The molecule has 0 spiro atoms. The van der Waals surface area contributed by atoms with E-state index in [4.69, 9.17) is 43.4 Å². The minimum atomic E-state index is -1.77. The standard InChI is InChI=1S/C23H25N3O6S2.C21H20N2O7S2.C21H22N2O6S2.CH4/c1-10-9-33-21(24-10)22-26-15-6-3-12-7-13(4-5-14(12)20(15)34-22)31-23-17(25-11(2)28)19(30)18(29)16(8-27)32-23;1-8-7-31-18(22-8)19-23-12-5-2-9-6-10(3-4-11(9)17(12)32-19)29-21-15(26)13(24)14(25)16(30-21)20(27)28;1-9-8-30-19(22-9)20-23-13-5-2-10-6-11(3-4-12(10)18(13)31-20)28-21-17(27)16(26)15(25)14(7-24)29-21;/h3-7,10,16-19,23,27,29-30H,8-9H2,1-2H3,(H,25,28);2-6,8,13-16,21,24-26H,7H2,1H3,(H,27,28);2-6,9,14-17,21,24-27H,7-8H2,1H3;1H4. The van der Waals surface area contributed by atoms with E-state index in [1.807, 2.05) is 66.7 Å². The number of nitrogens with zero attached hydrogens (tertiary/aromatic N) is 6. The third-order valence-electron chi connectivity index (χ3n) is 16.6. The van der Waals surface area contributed by atoms with E-state index in [1.165, 1.54) is 6.92 Å². The number of rotatable bonds is 13. The fourth-order valence-corrected chi connectivity index (χ4v) is 18.2. The number of thioether (sulfide) groups is 3. The van der Waals surface area contributed by atoms with Crippen LogP contribution in [0.4, 0.5) is 0 Å². The number of ether oxygens (including phenoxy) is 6. The van der Waals surface area contributed by atoms with Crippen LogP contribution in [-0.4, -0.2) is 239 Å². The molecule has 9 aromatic rings. The van der Waals surface area contributed by atoms with Crippen molar-refractivity contribution in [3.05, 3.63) is 106 Å². The van der Waals surface area contributed by atoms with Gasteiger partial charge >= 0.3 is 5.97 Å². The molecular weight excluding hydrogens is 1390 g/mol. The highest BCUT2D eigenvalue weighted by atomic mass is 32.2. The Labute approximate surface area is 584 Å². The summed E-state index contributed by atoms with van der Waals surface area (Å²) in [6, 6.07) is 27.9. The van der Waals surface area contributed by atoms with Crippen LogP contribution in [0.15, 0.2) is 106 Å². The van der Waals surface area contributed by atoms with Crippen LogP contribution in [0.3, 0.4) is 0 Å². The number of fused-ring (bicyclic) bond motifs is 9. The minimum absolute atomic E-state index is 0. The fraction of sp³-hybridized carbons (Fsp3) is 0.424. The van der Waals surface area contributed by atoms with Gasteiger partial charge in [-0.3, -0.25) is 19.8 Å². The molecule has 0 aliphatic carbocycles. The number of amides is 1. The van der Waals surface area contributed by atoms with Gasteiger partial charge in [-0.1, -0.05) is 25.6 Å². The summed E-state index contributed by atoms with van der Waals surface area (Å²) in [7, 11) is 0. The van der Waals surface area contributed by atoms with Crippen molar-refractivity contribution in [2.24, 2.45) is 15.0 Å². The summed E-state index contributed by atoms with van der Waals surface area (Å²) in [4.78, 5) is 51.1. The number of aliphatic hydroxyl groups excluding tert-OH is 10. The van der Waals surface area contributed by atoms with Crippen molar-refractivity contribution in [3.63, 3.8) is 0 Å². The molecule has 15 rings (SSSR count). The second kappa shape index (κ2) is 30.1. The largest absolute Gasteiger partial charge is 0.479 e. The average molecular weight is 1460 g/mol. The molecule has 12 N–H and O–H groups in total. The Kier molecular flexibility index (Phi) is 21.9. The Bertz CT molecular complexity index is 4540. The highest BCUT2D eigenvalue weighted by molar-refractivity contribution is 8.15. The molecule has 0 radical (unpaired) electrons. The second-order valence-corrected chi connectivity index (χ2v) is 30.0. The number of carboxylic acids is 1. The number of thiazole rings is 3. The van der Waals surface area contributed by atoms with Crippen molar-refractivity contribution in [1.82, 2.24) is 20.3 Å². The van der Waals surface area contributed by atoms with Crippen LogP contribution in [0.2, 0.25) is 0 Å². The molecule has 98 heavy (non-hydrogen) atoms. The topological polar surface area (TPSA) is 400 Å². The molecule has 9 heterocycles. The number of aromatic nitrogens is 3. The van der Waals surface area contributed by atoms with Crippen LogP contribution >= 0.6 is 69.3 Å². The molecule has 6 aliphatic rings. The molecule has 3 fully saturated rings. The molecule has 32 heteroatoms. The maximum Gasteiger partial charge on any atom is 0.335 e. The first-order chi connectivity index (χ1) is 46.6. The molecule has 520 valence electrons. The Morgan fingerprint density at radius 2 is 0.837 bits per heavy atom. The predicted molar refractivity (Wildman–Crippen MR) is 379 cm³/mol. The van der Waals surface area contributed by atoms with Crippen molar-refractivity contribution in [3.8, 4) is 17.2 Å². The first-order valence-corrected chi connectivity index (χ1v) is 36.3. The molecule has 1 amide bonds. The first-order valence-electron chi connectivity index (χ1n) is 30.9. The van der Waals surface area contributed by atoms with Gasteiger partial charge < -0.3 is 89.9 Å². The third kappa shape index (κ3) is 14.7. The summed E-state index contributed by atoms with van der Waals surface area (Å²) >= 11 is 9.98. The normalized spacial score (nSPS) is 30.1. The van der Waals surface area contributed by atoms with Crippen LogP contribution in [0.1, 0.15) is 50.1 Å². The van der Waals surface area contributed by atoms with E-state index >= 15 is 0 Å². The summed E-state index contributed by atoms with van der Waals surface area (Å²) in [5.74, 6) is 2.25. The van der Waals surface area contributed by atoms with Crippen molar-refractivity contribution in [1.29, 1.82) is 0 Å². The molecular formula is C66H71N7O19S6. The number of aliphatic imine (C=N–C) groups is 3. The zero-order chi connectivity index (χ0) is 68.2. The summed E-state index contributed by atoms with van der Waals surface area (Å²) in [5, 5.41) is 123. The molecule has 18 atom stereocenters. The van der Waals surface area contributed by atoms with E-state index in [0.29, 0.717) is 29.3 Å². The zero-order valence-electron chi connectivity index (χ0n) is 51.9. The smallest absolute Gasteiger partial charge is 0.335 e. The van der Waals surface area contributed by atoms with Crippen molar-refractivity contribution < 1.29 is 94.2 Å². The molecule has 0 bridgehead atoms. The molecule has 3 aromatic heterocycles. The van der Waals surface area contributed by atoms with Gasteiger partial charge in [-0.05, 0) is 110 Å². The summed E-state index contributed by atoms with van der Waals surface area (Å²) in [6.07, 6.45) is -19.7. The Hall–Kier alpha value is -6.35. The molecule has 3 saturated heterocycles. The van der Waals surface area contributed by atoms with Crippen LogP contribution in [0, 0.1) is 0 Å². The van der Waals surface area contributed by atoms with E-state index in [9.17, 15) is 65.8 Å². The van der Waals surface area contributed by atoms with Gasteiger partial charge in [0.2, 0.25) is 24.8 Å². The molecule has 6 aromatic carbocycles. The van der Waals surface area contributed by atoms with Crippen molar-refractivity contribution in [2.75, 3.05) is 30.5 Å². The lowest BCUT2D eigenvalue weighted by Crippen LogP contribution is -2.65. The number of carbonyl (C=O) groups is 2. The highest BCUT2D eigenvalue weighted by Gasteiger charge is 2.49. The van der Waals surface area contributed by atoms with E-state index < -0.39 is 117 Å². The van der Waals surface area contributed by atoms with Crippen LogP contribution in [0.5, 0.6) is 17.2 Å². The van der Waals surface area contributed by atoms with Gasteiger partial charge in [0.1, 0.15) is 114 Å². The number of aliphatic carboxylic acids is 1. The lowest BCUT2D eigenvalue weighted by molar-refractivity contribution is -0.277. The number of aliphatic hydroxyl groups is 10.